The van der Waals surface area contributed by atoms with E-state index in [0.29, 0.717) is 22.5 Å². The van der Waals surface area contributed by atoms with Gasteiger partial charge in [0.25, 0.3) is 0 Å². The zero-order valence-electron chi connectivity index (χ0n) is 12.2. The minimum Gasteiger partial charge on any atom is -0.495 e. The summed E-state index contributed by atoms with van der Waals surface area (Å²) in [5.74, 6) is 0.601. The molecule has 0 saturated heterocycles. The molecule has 118 valence electrons. The van der Waals surface area contributed by atoms with Gasteiger partial charge in [0.2, 0.25) is 0 Å². The number of halogens is 3. The van der Waals surface area contributed by atoms with Gasteiger partial charge in [-0.2, -0.15) is 13.2 Å². The van der Waals surface area contributed by atoms with Gasteiger partial charge >= 0.3 is 6.18 Å². The molecule has 1 aromatic heterocycles. The van der Waals surface area contributed by atoms with Crippen LogP contribution in [-0.4, -0.2) is 12.1 Å². The zero-order valence-corrected chi connectivity index (χ0v) is 12.2. The van der Waals surface area contributed by atoms with Crippen LogP contribution in [0.4, 0.5) is 24.5 Å². The van der Waals surface area contributed by atoms with Gasteiger partial charge in [-0.15, -0.1) is 0 Å². The number of hydrogen-bond donors (Lipinski definition) is 1. The smallest absolute Gasteiger partial charge is 0.418 e. The quantitative estimate of drug-likeness (QED) is 0.737. The minimum absolute atomic E-state index is 0.0834. The van der Waals surface area contributed by atoms with E-state index in [9.17, 15) is 13.2 Å². The monoisotopic (exact) mass is 318 g/mol. The van der Waals surface area contributed by atoms with Crippen LogP contribution in [0.25, 0.3) is 10.9 Å². The number of pyridine rings is 1. The van der Waals surface area contributed by atoms with Gasteiger partial charge in [-0.1, -0.05) is 24.3 Å². The normalized spacial score (nSPS) is 11.5. The van der Waals surface area contributed by atoms with Crippen molar-refractivity contribution in [1.29, 1.82) is 0 Å². The molecule has 0 radical (unpaired) electrons. The molecule has 0 aliphatic heterocycles. The number of ether oxygens (including phenoxy) is 1. The fraction of sp³-hybridized carbons (Fsp3) is 0.118. The molecule has 0 aliphatic rings. The van der Waals surface area contributed by atoms with Gasteiger partial charge in [0.1, 0.15) is 5.75 Å². The molecule has 3 nitrogen and oxygen atoms in total. The third-order valence-electron chi connectivity index (χ3n) is 3.45. The Kier molecular flexibility index (Phi) is 3.82. The van der Waals surface area contributed by atoms with Gasteiger partial charge in [0.15, 0.2) is 0 Å². The lowest BCUT2D eigenvalue weighted by Gasteiger charge is -2.14. The Hall–Kier alpha value is -2.76. The topological polar surface area (TPSA) is 34.1 Å². The van der Waals surface area contributed by atoms with E-state index >= 15 is 0 Å². The summed E-state index contributed by atoms with van der Waals surface area (Å²) in [6.45, 7) is 0. The Balaban J connectivity index is 2.12. The van der Waals surface area contributed by atoms with Crippen LogP contribution in [0.3, 0.4) is 0 Å². The van der Waals surface area contributed by atoms with E-state index in [-0.39, 0.29) is 5.52 Å². The van der Waals surface area contributed by atoms with Crippen LogP contribution in [0.5, 0.6) is 5.75 Å². The lowest BCUT2D eigenvalue weighted by molar-refractivity contribution is -0.136. The predicted molar refractivity (Wildman–Crippen MR) is 83.0 cm³/mol. The van der Waals surface area contributed by atoms with Crippen molar-refractivity contribution in [2.24, 2.45) is 0 Å². The third kappa shape index (κ3) is 2.92. The molecule has 3 rings (SSSR count). The van der Waals surface area contributed by atoms with Gasteiger partial charge in [0.05, 0.1) is 23.9 Å². The highest BCUT2D eigenvalue weighted by Crippen LogP contribution is 2.37. The molecule has 0 saturated carbocycles. The number of fused-ring (bicyclic) bond motifs is 1. The number of nitrogens with one attached hydrogen (secondary N) is 1. The summed E-state index contributed by atoms with van der Waals surface area (Å²) in [5.41, 5.74) is 0.365. The number of aromatic nitrogens is 1. The van der Waals surface area contributed by atoms with Crippen LogP contribution in [0.1, 0.15) is 5.56 Å². The maximum absolute atomic E-state index is 13.1. The second kappa shape index (κ2) is 5.79. The number of alkyl halides is 3. The van der Waals surface area contributed by atoms with E-state index in [4.69, 9.17) is 4.74 Å². The fourth-order valence-electron chi connectivity index (χ4n) is 2.41. The molecule has 0 spiro atoms. The number of hydrogen-bond acceptors (Lipinski definition) is 3. The molecule has 0 bridgehead atoms. The Morgan fingerprint density at radius 2 is 1.74 bits per heavy atom. The van der Waals surface area contributed by atoms with Gasteiger partial charge in [0, 0.05) is 17.3 Å². The molecule has 1 heterocycles. The van der Waals surface area contributed by atoms with E-state index < -0.39 is 11.7 Å². The molecule has 0 amide bonds. The number of nitrogens with zero attached hydrogens (tertiary/aromatic N) is 1. The van der Waals surface area contributed by atoms with Gasteiger partial charge in [-0.25, -0.2) is 0 Å². The first-order chi connectivity index (χ1) is 11.0. The molecule has 0 atom stereocenters. The summed E-state index contributed by atoms with van der Waals surface area (Å²) in [6, 6.07) is 12.8. The highest BCUT2D eigenvalue weighted by molar-refractivity contribution is 5.95. The standard InChI is InChI=1S/C17H13F3N2O/c1-23-15-8-3-2-7-14(15)22-13-9-10-21-16-11(13)5-4-6-12(16)17(18,19)20/h2-10H,1H3,(H,21,22). The molecule has 0 unspecified atom stereocenters. The summed E-state index contributed by atoms with van der Waals surface area (Å²) in [7, 11) is 1.53. The van der Waals surface area contributed by atoms with Crippen molar-refractivity contribution < 1.29 is 17.9 Å². The number of rotatable bonds is 3. The van der Waals surface area contributed by atoms with Crippen LogP contribution in [-0.2, 0) is 6.18 Å². The van der Waals surface area contributed by atoms with E-state index in [1.807, 2.05) is 12.1 Å². The van der Waals surface area contributed by atoms with Crippen molar-refractivity contribution in [3.8, 4) is 5.75 Å². The van der Waals surface area contributed by atoms with E-state index in [1.54, 1.807) is 24.3 Å². The Labute approximate surface area is 130 Å². The van der Waals surface area contributed by atoms with Crippen molar-refractivity contribution in [1.82, 2.24) is 4.98 Å². The highest BCUT2D eigenvalue weighted by atomic mass is 19.4. The summed E-state index contributed by atoms with van der Waals surface area (Å²) in [4.78, 5) is 3.90. The average Bonchev–Trinajstić information content (AvgIpc) is 2.54. The van der Waals surface area contributed by atoms with Gasteiger partial charge in [-0.05, 0) is 24.3 Å². The van der Waals surface area contributed by atoms with Gasteiger partial charge in [-0.3, -0.25) is 4.98 Å². The predicted octanol–water partition coefficient (Wildman–Crippen LogP) is 5.01. The van der Waals surface area contributed by atoms with E-state index in [0.717, 1.165) is 6.07 Å². The third-order valence-corrected chi connectivity index (χ3v) is 3.45. The zero-order chi connectivity index (χ0) is 16.4. The summed E-state index contributed by atoms with van der Waals surface area (Å²) >= 11 is 0. The number of anilines is 2. The molecule has 6 heteroatoms. The largest absolute Gasteiger partial charge is 0.495 e. The second-order valence-corrected chi connectivity index (χ2v) is 4.88. The first-order valence-corrected chi connectivity index (χ1v) is 6.85. The SMILES string of the molecule is COc1ccccc1Nc1ccnc2c(C(F)(F)F)cccc12. The van der Waals surface area contributed by atoms with Crippen LogP contribution in [0.15, 0.2) is 54.7 Å². The maximum Gasteiger partial charge on any atom is 0.418 e. The summed E-state index contributed by atoms with van der Waals surface area (Å²) in [5, 5.41) is 3.51. The molecule has 1 N–H and O–H groups in total. The Morgan fingerprint density at radius 3 is 2.48 bits per heavy atom. The fourth-order valence-corrected chi connectivity index (χ4v) is 2.41. The van der Waals surface area contributed by atoms with Crippen molar-refractivity contribution in [2.75, 3.05) is 12.4 Å². The van der Waals surface area contributed by atoms with Crippen molar-refractivity contribution in [3.05, 3.63) is 60.3 Å². The van der Waals surface area contributed by atoms with Crippen molar-refractivity contribution in [2.45, 2.75) is 6.18 Å². The lowest BCUT2D eigenvalue weighted by Crippen LogP contribution is -2.07. The molecule has 2 aromatic carbocycles. The Bertz CT molecular complexity index is 847. The molecule has 0 fully saturated rings. The van der Waals surface area contributed by atoms with Crippen LogP contribution in [0.2, 0.25) is 0 Å². The summed E-state index contributed by atoms with van der Waals surface area (Å²) < 4.78 is 44.6. The number of methoxy groups -OCH3 is 1. The van der Waals surface area contributed by atoms with Gasteiger partial charge < -0.3 is 10.1 Å². The molecule has 23 heavy (non-hydrogen) atoms. The second-order valence-electron chi connectivity index (χ2n) is 4.88. The molecule has 0 aliphatic carbocycles. The van der Waals surface area contributed by atoms with Crippen LogP contribution in [0, 0.1) is 0 Å². The number of para-hydroxylation sites is 3. The highest BCUT2D eigenvalue weighted by Gasteiger charge is 2.33. The Morgan fingerprint density at radius 1 is 0.957 bits per heavy atom. The lowest BCUT2D eigenvalue weighted by atomic mass is 10.1. The molecular formula is C17H13F3N2O. The van der Waals surface area contributed by atoms with E-state index in [1.165, 1.54) is 19.4 Å². The van der Waals surface area contributed by atoms with Crippen LogP contribution >= 0.6 is 0 Å². The van der Waals surface area contributed by atoms with Crippen LogP contribution < -0.4 is 10.1 Å². The first kappa shape index (κ1) is 15.1. The molecular weight excluding hydrogens is 305 g/mol. The maximum atomic E-state index is 13.1. The van der Waals surface area contributed by atoms with E-state index in [2.05, 4.69) is 10.3 Å². The number of benzene rings is 2. The van der Waals surface area contributed by atoms with Crippen molar-refractivity contribution in [3.63, 3.8) is 0 Å². The first-order valence-electron chi connectivity index (χ1n) is 6.85. The van der Waals surface area contributed by atoms with Crippen molar-refractivity contribution >= 4 is 22.3 Å². The molecule has 3 aromatic rings. The summed E-state index contributed by atoms with van der Waals surface area (Å²) in [6.07, 6.45) is -3.09. The minimum atomic E-state index is -4.45. The average molecular weight is 318 g/mol.